The van der Waals surface area contributed by atoms with Crippen LogP contribution in [0, 0.1) is 5.92 Å². The van der Waals surface area contributed by atoms with Crippen molar-refractivity contribution in [1.29, 1.82) is 0 Å². The van der Waals surface area contributed by atoms with Gasteiger partial charge in [0, 0.05) is 31.1 Å². The lowest BCUT2D eigenvalue weighted by atomic mass is 9.95. The predicted octanol–water partition coefficient (Wildman–Crippen LogP) is 4.74. The lowest BCUT2D eigenvalue weighted by Gasteiger charge is -2.32. The first-order valence-corrected chi connectivity index (χ1v) is 13.9. The summed E-state index contributed by atoms with van der Waals surface area (Å²) in [6, 6.07) is 18.0. The predicted molar refractivity (Wildman–Crippen MR) is 142 cm³/mol. The average Bonchev–Trinajstić information content (AvgIpc) is 3.10. The first-order valence-electron chi connectivity index (χ1n) is 12.5. The highest BCUT2D eigenvalue weighted by Crippen LogP contribution is 2.35. The van der Waals surface area contributed by atoms with Crippen LogP contribution in [0.2, 0.25) is 0 Å². The Morgan fingerprint density at radius 2 is 1.71 bits per heavy atom. The monoisotopic (exact) mass is 493 g/mol. The van der Waals surface area contributed by atoms with Gasteiger partial charge in [-0.3, -0.25) is 4.79 Å². The van der Waals surface area contributed by atoms with E-state index in [9.17, 15) is 13.2 Å². The van der Waals surface area contributed by atoms with Gasteiger partial charge in [-0.15, -0.1) is 4.40 Å². The molecule has 2 aliphatic rings. The molecule has 2 aromatic rings. The Balaban J connectivity index is 1.33. The second-order valence-corrected chi connectivity index (χ2v) is 11.3. The Morgan fingerprint density at radius 3 is 2.34 bits per heavy atom. The van der Waals surface area contributed by atoms with Gasteiger partial charge in [-0.1, -0.05) is 68.4 Å². The minimum absolute atomic E-state index is 0.0473. The summed E-state index contributed by atoms with van der Waals surface area (Å²) in [4.78, 5) is 15.0. The number of sulfonamides is 1. The zero-order valence-corrected chi connectivity index (χ0v) is 21.6. The van der Waals surface area contributed by atoms with Crippen LogP contribution >= 0.6 is 0 Å². The van der Waals surface area contributed by atoms with Crippen molar-refractivity contribution < 1.29 is 13.2 Å². The number of aryl methyl sites for hydroxylation is 1. The van der Waals surface area contributed by atoms with E-state index in [4.69, 9.17) is 0 Å². The second-order valence-electron chi connectivity index (χ2n) is 9.76. The molecule has 186 valence electrons. The molecule has 2 heterocycles. The highest BCUT2D eigenvalue weighted by Gasteiger charge is 2.35. The molecule has 0 aliphatic carbocycles. The van der Waals surface area contributed by atoms with Gasteiger partial charge in [0.2, 0.25) is 5.91 Å². The van der Waals surface area contributed by atoms with Crippen LogP contribution in [0.25, 0.3) is 4.91 Å². The number of amides is 1. The average molecular weight is 494 g/mol. The van der Waals surface area contributed by atoms with E-state index in [-0.39, 0.29) is 11.8 Å². The summed E-state index contributed by atoms with van der Waals surface area (Å²) >= 11 is 0. The highest BCUT2D eigenvalue weighted by molar-refractivity contribution is 8.00. The Hall–Kier alpha value is -2.93. The maximum Gasteiger partial charge on any atom is 0.285 e. The molecule has 35 heavy (non-hydrogen) atoms. The van der Waals surface area contributed by atoms with Gasteiger partial charge in [-0.2, -0.15) is 8.42 Å². The lowest BCUT2D eigenvalue weighted by Crippen LogP contribution is -2.43. The van der Waals surface area contributed by atoms with Crippen LogP contribution < -0.4 is 5.32 Å². The lowest BCUT2D eigenvalue weighted by molar-refractivity contribution is -0.126. The third-order valence-corrected chi connectivity index (χ3v) is 8.40. The van der Waals surface area contributed by atoms with Crippen LogP contribution in [0.1, 0.15) is 62.6 Å². The van der Waals surface area contributed by atoms with E-state index in [1.54, 1.807) is 0 Å². The largest absolute Gasteiger partial charge is 0.356 e. The van der Waals surface area contributed by atoms with Crippen molar-refractivity contribution in [3.05, 3.63) is 76.9 Å². The fourth-order valence-electron chi connectivity index (χ4n) is 4.85. The number of hydrogen-bond acceptors (Lipinski definition) is 4. The van der Waals surface area contributed by atoms with Gasteiger partial charge in [-0.25, -0.2) is 0 Å². The smallest absolute Gasteiger partial charge is 0.285 e. The van der Waals surface area contributed by atoms with E-state index < -0.39 is 10.0 Å². The molecule has 2 aromatic carbocycles. The maximum atomic E-state index is 12.9. The molecule has 0 spiro atoms. The molecule has 0 unspecified atom stereocenters. The van der Waals surface area contributed by atoms with Crippen molar-refractivity contribution in [2.24, 2.45) is 10.3 Å². The molecule has 1 fully saturated rings. The van der Waals surface area contributed by atoms with Gasteiger partial charge >= 0.3 is 0 Å². The summed E-state index contributed by atoms with van der Waals surface area (Å²) in [5, 5.41) is 3.08. The molecule has 0 bridgehead atoms. The molecule has 2 aliphatic heterocycles. The Labute approximate surface area is 209 Å². The summed E-state index contributed by atoms with van der Waals surface area (Å²) in [5.74, 6) is 0.953. The number of likely N-dealkylation sites (tertiary alicyclic amines) is 1. The molecule has 0 atom stereocenters. The zero-order chi connectivity index (χ0) is 25.0. The topological polar surface area (TPSA) is 78.8 Å². The van der Waals surface area contributed by atoms with Crippen molar-refractivity contribution in [2.75, 3.05) is 19.6 Å². The van der Waals surface area contributed by atoms with Crippen LogP contribution in [0.15, 0.2) is 64.6 Å². The van der Waals surface area contributed by atoms with Gasteiger partial charge in [0.15, 0.2) is 0 Å². The number of nitrogens with one attached hydrogen (secondary N) is 1. The number of nitrogens with zero attached hydrogens (tertiary/aromatic N) is 2. The summed E-state index contributed by atoms with van der Waals surface area (Å²) in [7, 11) is -3.74. The van der Waals surface area contributed by atoms with Crippen LogP contribution in [0.5, 0.6) is 0 Å². The van der Waals surface area contributed by atoms with Crippen molar-refractivity contribution in [3.8, 4) is 0 Å². The number of rotatable bonds is 7. The number of carbonyl (C=O) groups is 1. The maximum absolute atomic E-state index is 12.9. The molecule has 1 saturated heterocycles. The summed E-state index contributed by atoms with van der Waals surface area (Å²) in [5.41, 5.74) is 3.81. The van der Waals surface area contributed by atoms with Gasteiger partial charge in [0.25, 0.3) is 10.0 Å². The number of hydrogen-bond donors (Lipinski definition) is 1. The molecular formula is C28H35N3O3S. The molecular weight excluding hydrogens is 458 g/mol. The first-order chi connectivity index (χ1) is 16.8. The van der Waals surface area contributed by atoms with E-state index in [0.717, 1.165) is 12.8 Å². The Morgan fingerprint density at radius 1 is 1.06 bits per heavy atom. The third-order valence-electron chi connectivity index (χ3n) is 6.93. The number of piperidine rings is 1. The molecule has 0 saturated carbocycles. The third kappa shape index (κ3) is 5.84. The van der Waals surface area contributed by atoms with Crippen LogP contribution in [0.4, 0.5) is 0 Å². The number of carbonyl (C=O) groups excluding carboxylic acids is 1. The van der Waals surface area contributed by atoms with Crippen molar-refractivity contribution in [2.45, 2.75) is 52.4 Å². The van der Waals surface area contributed by atoms with Crippen LogP contribution in [-0.2, 0) is 21.2 Å². The Bertz CT molecular complexity index is 1210. The van der Waals surface area contributed by atoms with E-state index in [1.807, 2.05) is 54.3 Å². The van der Waals surface area contributed by atoms with Crippen molar-refractivity contribution in [1.82, 2.24) is 10.2 Å². The Kier molecular flexibility index (Phi) is 7.75. The molecule has 6 nitrogen and oxygen atoms in total. The van der Waals surface area contributed by atoms with E-state index in [0.29, 0.717) is 60.3 Å². The fourth-order valence-corrected chi connectivity index (χ4v) is 6.33. The van der Waals surface area contributed by atoms with Crippen molar-refractivity contribution in [3.63, 3.8) is 0 Å². The number of benzene rings is 2. The summed E-state index contributed by atoms with van der Waals surface area (Å²) < 4.78 is 30.0. The van der Waals surface area contributed by atoms with Crippen molar-refractivity contribution >= 4 is 26.7 Å². The molecule has 4 rings (SSSR count). The summed E-state index contributed by atoms with van der Waals surface area (Å²) in [6.45, 7) is 7.96. The molecule has 0 aromatic heterocycles. The van der Waals surface area contributed by atoms with Crippen LogP contribution in [0.3, 0.4) is 0 Å². The summed E-state index contributed by atoms with van der Waals surface area (Å²) in [6.07, 6.45) is 3.24. The SMILES string of the molecule is CC1=C(c2ccc(C(C)C)cc2)S(=O)(=O)N=C1N1CCC(C(=O)NCCCc2ccccc2)CC1. The minimum Gasteiger partial charge on any atom is -0.356 e. The van der Waals surface area contributed by atoms with Gasteiger partial charge in [0.1, 0.15) is 10.7 Å². The molecule has 7 heteroatoms. The zero-order valence-electron chi connectivity index (χ0n) is 20.8. The van der Waals surface area contributed by atoms with Gasteiger partial charge in [-0.05, 0) is 55.2 Å². The first kappa shape index (κ1) is 25.2. The number of amidine groups is 1. The molecule has 1 amide bonds. The fraction of sp³-hybridized carbons (Fsp3) is 0.429. The second kappa shape index (κ2) is 10.8. The highest BCUT2D eigenvalue weighted by atomic mass is 32.2. The van der Waals surface area contributed by atoms with Gasteiger partial charge in [0.05, 0.1) is 0 Å². The molecule has 1 N–H and O–H groups in total. The van der Waals surface area contributed by atoms with Gasteiger partial charge < -0.3 is 10.2 Å². The quantitative estimate of drug-likeness (QED) is 0.565. The molecule has 0 radical (unpaired) electrons. The van der Waals surface area contributed by atoms with Crippen LogP contribution in [-0.4, -0.2) is 44.7 Å². The van der Waals surface area contributed by atoms with E-state index in [1.165, 1.54) is 11.1 Å². The van der Waals surface area contributed by atoms with E-state index >= 15 is 0 Å². The normalized spacial score (nSPS) is 18.2. The standard InChI is InChI=1S/C28H35N3O3S/c1-20(2)23-11-13-24(14-12-23)26-21(3)27(30-35(26,33)34)31-18-15-25(16-19-31)28(32)29-17-7-10-22-8-5-4-6-9-22/h4-6,8-9,11-14,20,25H,7,10,15-19H2,1-3H3,(H,29,32). The minimum atomic E-state index is -3.74. The van der Waals surface area contributed by atoms with E-state index in [2.05, 4.69) is 35.7 Å².